The van der Waals surface area contributed by atoms with E-state index in [-0.39, 0.29) is 0 Å². The quantitative estimate of drug-likeness (QED) is 0.727. The first kappa shape index (κ1) is 15.5. The second-order valence-electron chi connectivity index (χ2n) is 4.80. The van der Waals surface area contributed by atoms with Crippen LogP contribution in [0.5, 0.6) is 0 Å². The van der Waals surface area contributed by atoms with E-state index in [1.54, 1.807) is 0 Å². The minimum absolute atomic E-state index is 0.490. The van der Waals surface area contributed by atoms with Crippen molar-refractivity contribution < 1.29 is 5.11 Å². The molecule has 0 radical (unpaired) electrons. The van der Waals surface area contributed by atoms with Gasteiger partial charge in [-0.25, -0.2) is 0 Å². The fraction of sp³-hybridized carbons (Fsp3) is 0.375. The Morgan fingerprint density at radius 1 is 1.11 bits per heavy atom. The van der Waals surface area contributed by atoms with Crippen molar-refractivity contribution in [3.63, 3.8) is 0 Å². The van der Waals surface area contributed by atoms with E-state index in [2.05, 4.69) is 18.1 Å². The van der Waals surface area contributed by atoms with Gasteiger partial charge in [0.25, 0.3) is 0 Å². The molecule has 0 heterocycles. The SMILES string of the molecule is C=CCN(CC=C)CC(O)c1ccc(N(C)C)cc1. The van der Waals surface area contributed by atoms with Crippen LogP contribution in [0.25, 0.3) is 0 Å². The molecule has 0 aromatic heterocycles. The van der Waals surface area contributed by atoms with E-state index in [4.69, 9.17) is 0 Å². The third kappa shape index (κ3) is 4.89. The maximum Gasteiger partial charge on any atom is 0.0917 e. The molecule has 1 N–H and O–H groups in total. The minimum Gasteiger partial charge on any atom is -0.387 e. The van der Waals surface area contributed by atoms with Crippen molar-refractivity contribution in [2.24, 2.45) is 0 Å². The first-order chi connectivity index (χ1) is 9.08. The Morgan fingerprint density at radius 3 is 2.05 bits per heavy atom. The number of aliphatic hydroxyl groups excluding tert-OH is 1. The second kappa shape index (κ2) is 7.77. The average molecular weight is 260 g/mol. The molecule has 0 aliphatic heterocycles. The van der Waals surface area contributed by atoms with Crippen LogP contribution in [0.1, 0.15) is 11.7 Å². The molecule has 19 heavy (non-hydrogen) atoms. The van der Waals surface area contributed by atoms with Crippen molar-refractivity contribution >= 4 is 5.69 Å². The van der Waals surface area contributed by atoms with Crippen LogP contribution < -0.4 is 4.90 Å². The number of nitrogens with zero attached hydrogens (tertiary/aromatic N) is 2. The van der Waals surface area contributed by atoms with E-state index < -0.39 is 6.10 Å². The number of benzene rings is 1. The van der Waals surface area contributed by atoms with Crippen molar-refractivity contribution in [1.82, 2.24) is 4.90 Å². The van der Waals surface area contributed by atoms with Crippen LogP contribution in [0.3, 0.4) is 0 Å². The molecule has 0 aliphatic carbocycles. The van der Waals surface area contributed by atoms with Gasteiger partial charge >= 0.3 is 0 Å². The highest BCUT2D eigenvalue weighted by molar-refractivity contribution is 5.46. The largest absolute Gasteiger partial charge is 0.387 e. The lowest BCUT2D eigenvalue weighted by Gasteiger charge is -2.23. The fourth-order valence-corrected chi connectivity index (χ4v) is 1.93. The smallest absolute Gasteiger partial charge is 0.0917 e. The summed E-state index contributed by atoms with van der Waals surface area (Å²) < 4.78 is 0. The van der Waals surface area contributed by atoms with Crippen LogP contribution in [-0.2, 0) is 0 Å². The average Bonchev–Trinajstić information content (AvgIpc) is 2.39. The highest BCUT2D eigenvalue weighted by Crippen LogP contribution is 2.18. The lowest BCUT2D eigenvalue weighted by molar-refractivity contribution is 0.125. The third-order valence-electron chi connectivity index (χ3n) is 3.00. The Balaban J connectivity index is 2.67. The molecule has 1 rings (SSSR count). The summed E-state index contributed by atoms with van der Waals surface area (Å²) in [4.78, 5) is 4.14. The summed E-state index contributed by atoms with van der Waals surface area (Å²) in [6, 6.07) is 7.98. The molecule has 1 aromatic rings. The number of rotatable bonds is 8. The third-order valence-corrected chi connectivity index (χ3v) is 3.00. The molecule has 0 bridgehead atoms. The molecule has 1 unspecified atom stereocenters. The molecule has 1 aromatic carbocycles. The molecular weight excluding hydrogens is 236 g/mol. The number of anilines is 1. The van der Waals surface area contributed by atoms with Gasteiger partial charge < -0.3 is 10.0 Å². The lowest BCUT2D eigenvalue weighted by Crippen LogP contribution is -2.29. The first-order valence-corrected chi connectivity index (χ1v) is 6.48. The monoisotopic (exact) mass is 260 g/mol. The van der Waals surface area contributed by atoms with Crippen LogP contribution in [0.2, 0.25) is 0 Å². The molecule has 3 heteroatoms. The molecule has 0 saturated carbocycles. The van der Waals surface area contributed by atoms with Gasteiger partial charge in [-0.05, 0) is 17.7 Å². The number of aliphatic hydroxyl groups is 1. The molecule has 3 nitrogen and oxygen atoms in total. The van der Waals surface area contributed by atoms with Gasteiger partial charge in [0.15, 0.2) is 0 Å². The van der Waals surface area contributed by atoms with Gasteiger partial charge in [-0.15, -0.1) is 13.2 Å². The van der Waals surface area contributed by atoms with Crippen molar-refractivity contribution in [3.8, 4) is 0 Å². The van der Waals surface area contributed by atoms with E-state index in [1.165, 1.54) is 0 Å². The van der Waals surface area contributed by atoms with Gasteiger partial charge in [0.2, 0.25) is 0 Å². The van der Waals surface area contributed by atoms with Crippen LogP contribution in [0.4, 0.5) is 5.69 Å². The lowest BCUT2D eigenvalue weighted by atomic mass is 10.1. The maximum absolute atomic E-state index is 10.2. The van der Waals surface area contributed by atoms with Gasteiger partial charge in [-0.3, -0.25) is 4.90 Å². The number of hydrogen-bond donors (Lipinski definition) is 1. The van der Waals surface area contributed by atoms with Crippen LogP contribution in [0.15, 0.2) is 49.6 Å². The molecular formula is C16H24N2O. The minimum atomic E-state index is -0.490. The molecule has 0 amide bonds. The first-order valence-electron chi connectivity index (χ1n) is 6.48. The summed E-state index contributed by atoms with van der Waals surface area (Å²) in [7, 11) is 4.00. The van der Waals surface area contributed by atoms with Crippen LogP contribution in [0, 0.1) is 0 Å². The van der Waals surface area contributed by atoms with Gasteiger partial charge in [0.1, 0.15) is 0 Å². The van der Waals surface area contributed by atoms with E-state index in [0.717, 1.165) is 24.3 Å². The Bertz CT molecular complexity index is 388. The van der Waals surface area contributed by atoms with E-state index in [0.29, 0.717) is 6.54 Å². The zero-order valence-electron chi connectivity index (χ0n) is 11.9. The molecule has 104 valence electrons. The molecule has 0 saturated heterocycles. The Labute approximate surface area is 116 Å². The topological polar surface area (TPSA) is 26.7 Å². The number of hydrogen-bond acceptors (Lipinski definition) is 3. The highest BCUT2D eigenvalue weighted by Gasteiger charge is 2.12. The molecule has 0 fully saturated rings. The standard InChI is InChI=1S/C16H24N2O/c1-5-11-18(12-6-2)13-16(19)14-7-9-15(10-8-14)17(3)4/h5-10,16,19H,1-2,11-13H2,3-4H3. The molecule has 0 spiro atoms. The summed E-state index contributed by atoms with van der Waals surface area (Å²) in [5, 5.41) is 10.2. The summed E-state index contributed by atoms with van der Waals surface area (Å²) in [5.41, 5.74) is 2.06. The highest BCUT2D eigenvalue weighted by atomic mass is 16.3. The predicted octanol–water partition coefficient (Wildman–Crippen LogP) is 2.46. The van der Waals surface area contributed by atoms with E-state index >= 15 is 0 Å². The van der Waals surface area contributed by atoms with Crippen molar-refractivity contribution in [2.45, 2.75) is 6.10 Å². The van der Waals surface area contributed by atoms with Crippen LogP contribution >= 0.6 is 0 Å². The zero-order valence-corrected chi connectivity index (χ0v) is 11.9. The maximum atomic E-state index is 10.2. The Morgan fingerprint density at radius 2 is 1.63 bits per heavy atom. The summed E-state index contributed by atoms with van der Waals surface area (Å²) >= 11 is 0. The van der Waals surface area contributed by atoms with Crippen molar-refractivity contribution in [3.05, 3.63) is 55.1 Å². The Kier molecular flexibility index (Phi) is 6.33. The van der Waals surface area contributed by atoms with Gasteiger partial charge in [-0.2, -0.15) is 0 Å². The Hall–Kier alpha value is -1.58. The van der Waals surface area contributed by atoms with E-state index in [1.807, 2.05) is 55.4 Å². The van der Waals surface area contributed by atoms with Gasteiger partial charge in [0, 0.05) is 39.4 Å². The molecule has 1 atom stereocenters. The normalized spacial score (nSPS) is 12.2. The molecule has 0 aliphatic rings. The second-order valence-corrected chi connectivity index (χ2v) is 4.80. The summed E-state index contributed by atoms with van der Waals surface area (Å²) in [5.74, 6) is 0. The fourth-order valence-electron chi connectivity index (χ4n) is 1.93. The van der Waals surface area contributed by atoms with Crippen molar-refractivity contribution in [1.29, 1.82) is 0 Å². The predicted molar refractivity (Wildman–Crippen MR) is 82.6 cm³/mol. The van der Waals surface area contributed by atoms with Gasteiger partial charge in [-0.1, -0.05) is 24.3 Å². The van der Waals surface area contributed by atoms with E-state index in [9.17, 15) is 5.11 Å². The summed E-state index contributed by atoms with van der Waals surface area (Å²) in [6.07, 6.45) is 3.19. The zero-order chi connectivity index (χ0) is 14.3. The summed E-state index contributed by atoms with van der Waals surface area (Å²) in [6.45, 7) is 9.54. The van der Waals surface area contributed by atoms with Gasteiger partial charge in [0.05, 0.1) is 6.10 Å². The van der Waals surface area contributed by atoms with Crippen LogP contribution in [-0.4, -0.2) is 43.7 Å². The van der Waals surface area contributed by atoms with Crippen molar-refractivity contribution in [2.75, 3.05) is 38.6 Å².